The molecule has 1 saturated heterocycles. The van der Waals surface area contributed by atoms with Crippen molar-refractivity contribution in [1.29, 1.82) is 0 Å². The van der Waals surface area contributed by atoms with Gasteiger partial charge in [0, 0.05) is 12.1 Å². The number of aryl methyl sites for hydroxylation is 2. The predicted octanol–water partition coefficient (Wildman–Crippen LogP) is 0.790. The summed E-state index contributed by atoms with van der Waals surface area (Å²) in [4.78, 5) is 13.8. The lowest BCUT2D eigenvalue weighted by Gasteiger charge is -2.36. The first-order valence-electron chi connectivity index (χ1n) is 6.46. The highest BCUT2D eigenvalue weighted by molar-refractivity contribution is 5.76. The van der Waals surface area contributed by atoms with E-state index in [1.165, 1.54) is 7.11 Å². The summed E-state index contributed by atoms with van der Waals surface area (Å²) in [5.41, 5.74) is 1.80. The van der Waals surface area contributed by atoms with E-state index >= 15 is 0 Å². The van der Waals surface area contributed by atoms with E-state index in [0.717, 1.165) is 30.0 Å². The highest BCUT2D eigenvalue weighted by Gasteiger charge is 2.37. The van der Waals surface area contributed by atoms with Crippen LogP contribution in [0.25, 0.3) is 0 Å². The molecule has 0 amide bonds. The number of hydrogen-bond acceptors (Lipinski definition) is 6. The number of hydrogen-bond donors (Lipinski definition) is 1. The molecule has 1 N–H and O–H groups in total. The first-order chi connectivity index (χ1) is 9.04. The smallest absolute Gasteiger partial charge is 0.325 e. The molecular weight excluding hydrogens is 248 g/mol. The Hall–Kier alpha value is -1.40. The van der Waals surface area contributed by atoms with Gasteiger partial charge in [-0.2, -0.15) is 0 Å². The Morgan fingerprint density at radius 2 is 2.32 bits per heavy atom. The van der Waals surface area contributed by atoms with Crippen molar-refractivity contribution in [2.75, 3.05) is 13.7 Å². The van der Waals surface area contributed by atoms with E-state index in [1.54, 1.807) is 0 Å². The Morgan fingerprint density at radius 3 is 2.89 bits per heavy atom. The summed E-state index contributed by atoms with van der Waals surface area (Å²) in [6, 6.07) is -0.604. The second-order valence-corrected chi connectivity index (χ2v) is 4.95. The van der Waals surface area contributed by atoms with Crippen molar-refractivity contribution in [3.63, 3.8) is 0 Å². The lowest BCUT2D eigenvalue weighted by atomic mass is 9.98. The quantitative estimate of drug-likeness (QED) is 0.817. The Labute approximate surface area is 112 Å². The highest BCUT2D eigenvalue weighted by Crippen LogP contribution is 2.23. The average molecular weight is 268 g/mol. The maximum atomic E-state index is 11.8. The van der Waals surface area contributed by atoms with Crippen LogP contribution in [0.5, 0.6) is 0 Å². The van der Waals surface area contributed by atoms with Gasteiger partial charge in [-0.15, -0.1) is 0 Å². The van der Waals surface area contributed by atoms with Gasteiger partial charge in [0.05, 0.1) is 18.9 Å². The fraction of sp³-hybridized carbons (Fsp3) is 0.692. The zero-order valence-corrected chi connectivity index (χ0v) is 11.5. The van der Waals surface area contributed by atoms with Gasteiger partial charge in [0.1, 0.15) is 11.8 Å². The van der Waals surface area contributed by atoms with Crippen LogP contribution in [-0.4, -0.2) is 46.9 Å². The minimum Gasteiger partial charge on any atom is -0.468 e. The average Bonchev–Trinajstić information content (AvgIpc) is 2.70. The van der Waals surface area contributed by atoms with Crippen LogP contribution in [-0.2, 0) is 16.1 Å². The van der Waals surface area contributed by atoms with E-state index in [4.69, 9.17) is 9.26 Å². The minimum absolute atomic E-state index is 0.390. The zero-order chi connectivity index (χ0) is 14.0. The number of ether oxygens (including phenoxy) is 1. The van der Waals surface area contributed by atoms with E-state index in [-0.39, 0.29) is 5.97 Å². The van der Waals surface area contributed by atoms with Crippen molar-refractivity contribution in [3.05, 3.63) is 17.0 Å². The highest BCUT2D eigenvalue weighted by atomic mass is 16.5. The van der Waals surface area contributed by atoms with Crippen molar-refractivity contribution in [2.24, 2.45) is 0 Å². The number of piperidine rings is 1. The van der Waals surface area contributed by atoms with Gasteiger partial charge in [0.25, 0.3) is 0 Å². The lowest BCUT2D eigenvalue weighted by Crippen LogP contribution is -2.52. The van der Waals surface area contributed by atoms with Gasteiger partial charge in [-0.3, -0.25) is 9.69 Å². The fourth-order valence-corrected chi connectivity index (χ4v) is 2.58. The molecule has 0 aromatic carbocycles. The van der Waals surface area contributed by atoms with Crippen LogP contribution >= 0.6 is 0 Å². The Morgan fingerprint density at radius 1 is 1.58 bits per heavy atom. The number of carbonyl (C=O) groups excluding carboxylic acids is 1. The summed E-state index contributed by atoms with van der Waals surface area (Å²) in [6.07, 6.45) is 0.803. The Bertz CT molecular complexity index is 438. The summed E-state index contributed by atoms with van der Waals surface area (Å²) < 4.78 is 9.92. The van der Waals surface area contributed by atoms with Gasteiger partial charge in [-0.1, -0.05) is 5.16 Å². The third-order valence-electron chi connectivity index (χ3n) is 3.69. The van der Waals surface area contributed by atoms with Crippen LogP contribution < -0.4 is 0 Å². The SMILES string of the molecule is COC(=O)[C@@H]1[C@@H](O)CCCN1Cc1c(C)noc1C. The van der Waals surface area contributed by atoms with Gasteiger partial charge in [0.2, 0.25) is 0 Å². The van der Waals surface area contributed by atoms with Gasteiger partial charge >= 0.3 is 5.97 Å². The summed E-state index contributed by atoms with van der Waals surface area (Å²) >= 11 is 0. The van der Waals surface area contributed by atoms with E-state index in [1.807, 2.05) is 18.7 Å². The van der Waals surface area contributed by atoms with E-state index in [9.17, 15) is 9.90 Å². The van der Waals surface area contributed by atoms with E-state index < -0.39 is 12.1 Å². The maximum absolute atomic E-state index is 11.8. The van der Waals surface area contributed by atoms with Gasteiger partial charge in [0.15, 0.2) is 0 Å². The number of aliphatic hydroxyl groups is 1. The lowest BCUT2D eigenvalue weighted by molar-refractivity contribution is -0.154. The number of carbonyl (C=O) groups is 1. The van der Waals surface area contributed by atoms with Gasteiger partial charge in [-0.05, 0) is 33.2 Å². The molecule has 2 atom stereocenters. The number of aliphatic hydroxyl groups excluding tert-OH is 1. The van der Waals surface area contributed by atoms with Crippen molar-refractivity contribution < 1.29 is 19.2 Å². The van der Waals surface area contributed by atoms with Crippen molar-refractivity contribution in [3.8, 4) is 0 Å². The molecule has 2 heterocycles. The number of likely N-dealkylation sites (tertiary alicyclic amines) is 1. The molecule has 0 radical (unpaired) electrons. The maximum Gasteiger partial charge on any atom is 0.325 e. The van der Waals surface area contributed by atoms with Crippen LogP contribution in [0.1, 0.15) is 29.9 Å². The molecule has 19 heavy (non-hydrogen) atoms. The number of esters is 1. The molecule has 0 bridgehead atoms. The number of methoxy groups -OCH3 is 1. The van der Waals surface area contributed by atoms with Gasteiger partial charge in [-0.25, -0.2) is 0 Å². The Kier molecular flexibility index (Phi) is 4.21. The molecule has 2 rings (SSSR count). The monoisotopic (exact) mass is 268 g/mol. The molecule has 6 nitrogen and oxygen atoms in total. The molecule has 1 fully saturated rings. The summed E-state index contributed by atoms with van der Waals surface area (Å²) in [6.45, 7) is 5.01. The molecule has 106 valence electrons. The molecule has 1 aromatic heterocycles. The minimum atomic E-state index is -0.679. The summed E-state index contributed by atoms with van der Waals surface area (Å²) in [5.74, 6) is 0.361. The normalized spacial score (nSPS) is 24.4. The van der Waals surface area contributed by atoms with Crippen molar-refractivity contribution in [2.45, 2.75) is 45.4 Å². The van der Waals surface area contributed by atoms with Crippen LogP contribution in [0, 0.1) is 13.8 Å². The van der Waals surface area contributed by atoms with Crippen molar-refractivity contribution >= 4 is 5.97 Å². The third-order valence-corrected chi connectivity index (χ3v) is 3.69. The largest absolute Gasteiger partial charge is 0.468 e. The summed E-state index contributed by atoms with van der Waals surface area (Å²) in [7, 11) is 1.34. The van der Waals surface area contributed by atoms with Crippen molar-refractivity contribution in [1.82, 2.24) is 10.1 Å². The molecule has 0 saturated carbocycles. The molecule has 0 unspecified atom stereocenters. The number of aromatic nitrogens is 1. The molecular formula is C13H20N2O4. The third kappa shape index (κ3) is 2.79. The summed E-state index contributed by atoms with van der Waals surface area (Å²) in [5, 5.41) is 13.9. The molecule has 1 aliphatic rings. The van der Waals surface area contributed by atoms with Crippen LogP contribution in [0.4, 0.5) is 0 Å². The van der Waals surface area contributed by atoms with Crippen LogP contribution in [0.2, 0.25) is 0 Å². The predicted molar refractivity (Wildman–Crippen MR) is 67.4 cm³/mol. The first kappa shape index (κ1) is 14.0. The van der Waals surface area contributed by atoms with Crippen LogP contribution in [0.3, 0.4) is 0 Å². The zero-order valence-electron chi connectivity index (χ0n) is 11.5. The molecule has 6 heteroatoms. The standard InChI is InChI=1S/C13H20N2O4/c1-8-10(9(2)19-14-8)7-15-6-4-5-11(16)12(15)13(17)18-3/h11-12,16H,4-7H2,1-3H3/t11-,12-/m0/s1. The molecule has 1 aromatic rings. The number of rotatable bonds is 3. The topological polar surface area (TPSA) is 75.8 Å². The van der Waals surface area contributed by atoms with Crippen LogP contribution in [0.15, 0.2) is 4.52 Å². The van der Waals surface area contributed by atoms with E-state index in [2.05, 4.69) is 5.16 Å². The second kappa shape index (κ2) is 5.71. The Balaban J connectivity index is 2.19. The molecule has 0 aliphatic carbocycles. The second-order valence-electron chi connectivity index (χ2n) is 4.95. The first-order valence-corrected chi connectivity index (χ1v) is 6.46. The fourth-order valence-electron chi connectivity index (χ4n) is 2.58. The van der Waals surface area contributed by atoms with Gasteiger partial charge < -0.3 is 14.4 Å². The van der Waals surface area contributed by atoms with E-state index in [0.29, 0.717) is 13.0 Å². The molecule has 0 spiro atoms. The number of nitrogens with zero attached hydrogens (tertiary/aromatic N) is 2. The molecule has 1 aliphatic heterocycles.